The molecule has 0 spiro atoms. The molecule has 0 aromatic heterocycles. The number of piperazine rings is 1. The van der Waals surface area contributed by atoms with Crippen molar-refractivity contribution >= 4 is 0 Å². The quantitative estimate of drug-likeness (QED) is 0.829. The standard InChI is InChI=1S/C18H29N3/c1-16(18-7-8-18)19-9-10-20-11-13-21(14-12-20)15-17-5-3-2-4-6-17/h2-6,16,18-19H,7-15H2,1H3. The molecule has 0 amide bonds. The second-order valence-corrected chi connectivity index (χ2v) is 6.68. The summed E-state index contributed by atoms with van der Waals surface area (Å²) in [6.45, 7) is 10.6. The fourth-order valence-corrected chi connectivity index (χ4v) is 3.23. The van der Waals surface area contributed by atoms with Crippen LogP contribution in [0.4, 0.5) is 0 Å². The molecule has 2 aliphatic rings. The van der Waals surface area contributed by atoms with Crippen LogP contribution in [-0.2, 0) is 6.54 Å². The first kappa shape index (κ1) is 15.0. The summed E-state index contributed by atoms with van der Waals surface area (Å²) in [5.41, 5.74) is 1.44. The lowest BCUT2D eigenvalue weighted by atomic mass is 10.2. The van der Waals surface area contributed by atoms with Crippen LogP contribution in [0.2, 0.25) is 0 Å². The van der Waals surface area contributed by atoms with Crippen LogP contribution in [0.15, 0.2) is 30.3 Å². The van der Waals surface area contributed by atoms with Crippen LogP contribution in [0, 0.1) is 5.92 Å². The van der Waals surface area contributed by atoms with Crippen LogP contribution >= 0.6 is 0 Å². The van der Waals surface area contributed by atoms with Crippen molar-refractivity contribution in [3.63, 3.8) is 0 Å². The normalized spacial score (nSPS) is 22.3. The van der Waals surface area contributed by atoms with Gasteiger partial charge in [0.05, 0.1) is 0 Å². The predicted molar refractivity (Wildman–Crippen MR) is 88.3 cm³/mol. The molecule has 1 aromatic rings. The molecule has 0 radical (unpaired) electrons. The molecular formula is C18H29N3. The maximum atomic E-state index is 3.69. The summed E-state index contributed by atoms with van der Waals surface area (Å²) in [7, 11) is 0. The van der Waals surface area contributed by atoms with Crippen molar-refractivity contribution in [3.8, 4) is 0 Å². The molecule has 116 valence electrons. The third-order valence-electron chi connectivity index (χ3n) is 4.94. The number of hydrogen-bond acceptors (Lipinski definition) is 3. The van der Waals surface area contributed by atoms with Gasteiger partial charge in [-0.25, -0.2) is 0 Å². The molecule has 1 N–H and O–H groups in total. The third kappa shape index (κ3) is 4.80. The molecule has 0 bridgehead atoms. The average Bonchev–Trinajstić information content (AvgIpc) is 3.35. The molecule has 1 aliphatic heterocycles. The van der Waals surface area contributed by atoms with E-state index < -0.39 is 0 Å². The summed E-state index contributed by atoms with van der Waals surface area (Å²) >= 11 is 0. The Balaban J connectivity index is 1.31. The van der Waals surface area contributed by atoms with Crippen LogP contribution in [-0.4, -0.2) is 55.1 Å². The van der Waals surface area contributed by atoms with Crippen LogP contribution in [0.5, 0.6) is 0 Å². The van der Waals surface area contributed by atoms with Crippen molar-refractivity contribution in [2.24, 2.45) is 5.92 Å². The first-order chi connectivity index (χ1) is 10.3. The van der Waals surface area contributed by atoms with Crippen LogP contribution in [0.3, 0.4) is 0 Å². The average molecular weight is 287 g/mol. The van der Waals surface area contributed by atoms with E-state index in [1.807, 2.05) is 0 Å². The molecule has 1 aromatic carbocycles. The smallest absolute Gasteiger partial charge is 0.0234 e. The number of hydrogen-bond donors (Lipinski definition) is 1. The summed E-state index contributed by atoms with van der Waals surface area (Å²) in [4.78, 5) is 5.18. The highest BCUT2D eigenvalue weighted by atomic mass is 15.3. The fourth-order valence-electron chi connectivity index (χ4n) is 3.23. The van der Waals surface area contributed by atoms with Gasteiger partial charge in [-0.05, 0) is 31.2 Å². The van der Waals surface area contributed by atoms with E-state index in [1.54, 1.807) is 0 Å². The van der Waals surface area contributed by atoms with Crippen molar-refractivity contribution in [1.29, 1.82) is 0 Å². The molecule has 2 fully saturated rings. The predicted octanol–water partition coefficient (Wildman–Crippen LogP) is 2.19. The Labute approximate surface area is 129 Å². The molecular weight excluding hydrogens is 258 g/mol. The minimum Gasteiger partial charge on any atom is -0.313 e. The van der Waals surface area contributed by atoms with Gasteiger partial charge in [-0.15, -0.1) is 0 Å². The zero-order chi connectivity index (χ0) is 14.5. The molecule has 1 atom stereocenters. The van der Waals surface area contributed by atoms with Crippen LogP contribution in [0.25, 0.3) is 0 Å². The topological polar surface area (TPSA) is 18.5 Å². The fraction of sp³-hybridized carbons (Fsp3) is 0.667. The van der Waals surface area contributed by atoms with Crippen LogP contribution in [0.1, 0.15) is 25.3 Å². The van der Waals surface area contributed by atoms with E-state index in [9.17, 15) is 0 Å². The van der Waals surface area contributed by atoms with E-state index in [1.165, 1.54) is 51.1 Å². The first-order valence-corrected chi connectivity index (χ1v) is 8.53. The summed E-state index contributed by atoms with van der Waals surface area (Å²) in [6.07, 6.45) is 2.87. The Kier molecular flexibility index (Phi) is 5.28. The van der Waals surface area contributed by atoms with Crippen molar-refractivity contribution in [2.45, 2.75) is 32.4 Å². The zero-order valence-electron chi connectivity index (χ0n) is 13.3. The summed E-state index contributed by atoms with van der Waals surface area (Å²) < 4.78 is 0. The highest BCUT2D eigenvalue weighted by Gasteiger charge is 2.27. The zero-order valence-corrected chi connectivity index (χ0v) is 13.3. The molecule has 1 saturated heterocycles. The van der Waals surface area contributed by atoms with E-state index in [0.29, 0.717) is 0 Å². The molecule has 1 saturated carbocycles. The molecule has 21 heavy (non-hydrogen) atoms. The maximum Gasteiger partial charge on any atom is 0.0234 e. The lowest BCUT2D eigenvalue weighted by Crippen LogP contribution is -2.48. The Morgan fingerprint density at radius 3 is 2.38 bits per heavy atom. The van der Waals surface area contributed by atoms with Crippen molar-refractivity contribution in [3.05, 3.63) is 35.9 Å². The minimum atomic E-state index is 0.726. The first-order valence-electron chi connectivity index (χ1n) is 8.53. The number of nitrogens with zero attached hydrogens (tertiary/aromatic N) is 2. The SMILES string of the molecule is CC(NCCN1CCN(Cc2ccccc2)CC1)C1CC1. The lowest BCUT2D eigenvalue weighted by molar-refractivity contribution is 0.127. The van der Waals surface area contributed by atoms with Gasteiger partial charge < -0.3 is 5.32 Å². The Morgan fingerprint density at radius 2 is 1.71 bits per heavy atom. The largest absolute Gasteiger partial charge is 0.313 e. The summed E-state index contributed by atoms with van der Waals surface area (Å²) in [5.74, 6) is 0.965. The van der Waals surface area contributed by atoms with Gasteiger partial charge in [0.15, 0.2) is 0 Å². The van der Waals surface area contributed by atoms with Gasteiger partial charge in [0.25, 0.3) is 0 Å². The van der Waals surface area contributed by atoms with Gasteiger partial charge in [-0.3, -0.25) is 9.80 Å². The van der Waals surface area contributed by atoms with Crippen molar-refractivity contribution in [2.75, 3.05) is 39.3 Å². The Hall–Kier alpha value is -0.900. The van der Waals surface area contributed by atoms with Crippen molar-refractivity contribution in [1.82, 2.24) is 15.1 Å². The monoisotopic (exact) mass is 287 g/mol. The van der Waals surface area contributed by atoms with Gasteiger partial charge in [-0.1, -0.05) is 30.3 Å². The van der Waals surface area contributed by atoms with E-state index >= 15 is 0 Å². The molecule has 1 heterocycles. The highest BCUT2D eigenvalue weighted by Crippen LogP contribution is 2.32. The summed E-state index contributed by atoms with van der Waals surface area (Å²) in [6, 6.07) is 11.6. The minimum absolute atomic E-state index is 0.726. The van der Waals surface area contributed by atoms with Gasteiger partial charge >= 0.3 is 0 Å². The van der Waals surface area contributed by atoms with E-state index in [2.05, 4.69) is 52.4 Å². The van der Waals surface area contributed by atoms with Gasteiger partial charge in [0.2, 0.25) is 0 Å². The Bertz CT molecular complexity index is 408. The molecule has 3 nitrogen and oxygen atoms in total. The van der Waals surface area contributed by atoms with Crippen LogP contribution < -0.4 is 5.32 Å². The number of rotatable bonds is 7. The van der Waals surface area contributed by atoms with Gasteiger partial charge in [0.1, 0.15) is 0 Å². The van der Waals surface area contributed by atoms with Crippen molar-refractivity contribution < 1.29 is 0 Å². The highest BCUT2D eigenvalue weighted by molar-refractivity contribution is 5.14. The third-order valence-corrected chi connectivity index (χ3v) is 4.94. The lowest BCUT2D eigenvalue weighted by Gasteiger charge is -2.35. The molecule has 1 aliphatic carbocycles. The molecule has 3 rings (SSSR count). The second-order valence-electron chi connectivity index (χ2n) is 6.68. The van der Waals surface area contributed by atoms with Gasteiger partial charge in [-0.2, -0.15) is 0 Å². The molecule has 3 heteroatoms. The second kappa shape index (κ2) is 7.39. The molecule has 1 unspecified atom stereocenters. The van der Waals surface area contributed by atoms with Gasteiger partial charge in [0, 0.05) is 51.9 Å². The van der Waals surface area contributed by atoms with E-state index in [0.717, 1.165) is 25.0 Å². The van der Waals surface area contributed by atoms with E-state index in [4.69, 9.17) is 0 Å². The van der Waals surface area contributed by atoms with E-state index in [-0.39, 0.29) is 0 Å². The maximum absolute atomic E-state index is 3.69. The number of nitrogens with one attached hydrogen (secondary N) is 1. The summed E-state index contributed by atoms with van der Waals surface area (Å²) in [5, 5.41) is 3.69. The number of benzene rings is 1. The Morgan fingerprint density at radius 1 is 1.05 bits per heavy atom.